The van der Waals surface area contributed by atoms with Crippen molar-refractivity contribution >= 4 is 0 Å². The molecule has 0 saturated heterocycles. The molecular formula is C14H23N5. The van der Waals surface area contributed by atoms with E-state index in [1.54, 1.807) is 0 Å². The number of rotatable bonds is 5. The summed E-state index contributed by atoms with van der Waals surface area (Å²) in [6.45, 7) is 9.35. The van der Waals surface area contributed by atoms with Gasteiger partial charge in [-0.15, -0.1) is 0 Å². The van der Waals surface area contributed by atoms with E-state index in [0.717, 1.165) is 41.4 Å². The van der Waals surface area contributed by atoms with Crippen LogP contribution >= 0.6 is 0 Å². The average Bonchev–Trinajstić information content (AvgIpc) is 2.85. The molecule has 0 aliphatic rings. The van der Waals surface area contributed by atoms with Crippen LogP contribution in [0.15, 0.2) is 6.20 Å². The van der Waals surface area contributed by atoms with E-state index >= 15 is 0 Å². The lowest BCUT2D eigenvalue weighted by molar-refractivity contribution is 0.584. The molecule has 19 heavy (non-hydrogen) atoms. The predicted molar refractivity (Wildman–Crippen MR) is 77.1 cm³/mol. The van der Waals surface area contributed by atoms with Gasteiger partial charge in [0.15, 0.2) is 0 Å². The summed E-state index contributed by atoms with van der Waals surface area (Å²) < 4.78 is 1.91. The molecule has 0 spiro atoms. The molecule has 2 aromatic rings. The molecule has 104 valence electrons. The van der Waals surface area contributed by atoms with Crippen molar-refractivity contribution in [2.45, 2.75) is 40.2 Å². The Kier molecular flexibility index (Phi) is 4.04. The zero-order valence-electron chi connectivity index (χ0n) is 12.4. The van der Waals surface area contributed by atoms with Crippen LogP contribution in [-0.2, 0) is 13.5 Å². The number of nitrogens with zero attached hydrogens (tertiary/aromatic N) is 3. The van der Waals surface area contributed by atoms with Gasteiger partial charge in [0, 0.05) is 37.3 Å². The van der Waals surface area contributed by atoms with Crippen molar-refractivity contribution in [3.8, 4) is 11.3 Å². The number of hydrogen-bond donors (Lipinski definition) is 2. The first-order chi connectivity index (χ1) is 8.99. The molecule has 0 aromatic carbocycles. The Bertz CT molecular complexity index is 550. The Morgan fingerprint density at radius 3 is 2.68 bits per heavy atom. The molecule has 5 heteroatoms. The lowest BCUT2D eigenvalue weighted by Gasteiger charge is -2.05. The van der Waals surface area contributed by atoms with Crippen molar-refractivity contribution in [3.05, 3.63) is 23.4 Å². The zero-order valence-corrected chi connectivity index (χ0v) is 12.4. The molecule has 0 radical (unpaired) electrons. The fraction of sp³-hybridized carbons (Fsp3) is 0.571. The van der Waals surface area contributed by atoms with Crippen molar-refractivity contribution in [2.24, 2.45) is 7.05 Å². The summed E-state index contributed by atoms with van der Waals surface area (Å²) in [5, 5.41) is 7.83. The van der Waals surface area contributed by atoms with Crippen LogP contribution in [0.3, 0.4) is 0 Å². The Hall–Kier alpha value is -1.62. The van der Waals surface area contributed by atoms with Gasteiger partial charge >= 0.3 is 0 Å². The number of imidazole rings is 1. The summed E-state index contributed by atoms with van der Waals surface area (Å²) >= 11 is 0. The van der Waals surface area contributed by atoms with E-state index in [1.807, 2.05) is 24.9 Å². The van der Waals surface area contributed by atoms with E-state index in [9.17, 15) is 0 Å². The molecule has 0 aliphatic carbocycles. The van der Waals surface area contributed by atoms with Crippen LogP contribution in [0.1, 0.15) is 31.1 Å². The second-order valence-corrected chi connectivity index (χ2v) is 5.27. The highest BCUT2D eigenvalue weighted by atomic mass is 15.3. The number of aromatic nitrogens is 4. The highest BCUT2D eigenvalue weighted by Gasteiger charge is 2.13. The predicted octanol–water partition coefficient (Wildman–Crippen LogP) is 1.97. The van der Waals surface area contributed by atoms with Crippen LogP contribution < -0.4 is 5.32 Å². The van der Waals surface area contributed by atoms with Gasteiger partial charge < -0.3 is 10.3 Å². The minimum absolute atomic E-state index is 0.511. The topological polar surface area (TPSA) is 58.5 Å². The highest BCUT2D eigenvalue weighted by Crippen LogP contribution is 2.24. The van der Waals surface area contributed by atoms with Crippen molar-refractivity contribution in [1.29, 1.82) is 0 Å². The lowest BCUT2D eigenvalue weighted by atomic mass is 10.1. The average molecular weight is 261 g/mol. The molecular weight excluding hydrogens is 238 g/mol. The molecule has 2 heterocycles. The standard InChI is InChI=1S/C14H23N5/c1-9(2)15-7-6-13-16-8-12(17-13)14-10(3)18-19(5)11(14)4/h8-9,15H,6-7H2,1-5H3,(H,16,17). The van der Waals surface area contributed by atoms with Crippen LogP contribution in [0.25, 0.3) is 11.3 Å². The quantitative estimate of drug-likeness (QED) is 0.865. The fourth-order valence-electron chi connectivity index (χ4n) is 2.26. The molecule has 0 bridgehead atoms. The van der Waals surface area contributed by atoms with Gasteiger partial charge in [-0.3, -0.25) is 4.68 Å². The van der Waals surface area contributed by atoms with Crippen LogP contribution in [0.5, 0.6) is 0 Å². The fourth-order valence-corrected chi connectivity index (χ4v) is 2.26. The molecule has 0 amide bonds. The number of H-pyrrole nitrogens is 1. The Morgan fingerprint density at radius 2 is 2.11 bits per heavy atom. The Balaban J connectivity index is 2.12. The first kappa shape index (κ1) is 13.8. The monoisotopic (exact) mass is 261 g/mol. The third-order valence-corrected chi connectivity index (χ3v) is 3.32. The Morgan fingerprint density at radius 1 is 1.37 bits per heavy atom. The summed E-state index contributed by atoms with van der Waals surface area (Å²) in [6.07, 6.45) is 2.82. The molecule has 0 atom stereocenters. The van der Waals surface area contributed by atoms with E-state index < -0.39 is 0 Å². The zero-order chi connectivity index (χ0) is 14.0. The van der Waals surface area contributed by atoms with Gasteiger partial charge in [-0.1, -0.05) is 13.8 Å². The van der Waals surface area contributed by atoms with Crippen LogP contribution in [-0.4, -0.2) is 32.3 Å². The Labute approximate surface area is 114 Å². The number of aromatic amines is 1. The minimum Gasteiger partial charge on any atom is -0.342 e. The smallest absolute Gasteiger partial charge is 0.107 e. The van der Waals surface area contributed by atoms with Crippen molar-refractivity contribution < 1.29 is 0 Å². The van der Waals surface area contributed by atoms with E-state index in [-0.39, 0.29) is 0 Å². The summed E-state index contributed by atoms with van der Waals surface area (Å²) in [6, 6.07) is 0.511. The second kappa shape index (κ2) is 5.57. The molecule has 0 aliphatic heterocycles. The highest BCUT2D eigenvalue weighted by molar-refractivity contribution is 5.64. The number of hydrogen-bond acceptors (Lipinski definition) is 3. The van der Waals surface area contributed by atoms with Gasteiger partial charge in [-0.2, -0.15) is 5.10 Å². The normalized spacial score (nSPS) is 11.5. The third-order valence-electron chi connectivity index (χ3n) is 3.32. The van der Waals surface area contributed by atoms with Gasteiger partial charge in [0.1, 0.15) is 5.82 Å². The summed E-state index contributed by atoms with van der Waals surface area (Å²) in [7, 11) is 1.97. The summed E-state index contributed by atoms with van der Waals surface area (Å²) in [4.78, 5) is 7.84. The van der Waals surface area contributed by atoms with Crippen molar-refractivity contribution in [3.63, 3.8) is 0 Å². The molecule has 2 rings (SSSR count). The lowest BCUT2D eigenvalue weighted by Crippen LogP contribution is -2.25. The molecule has 5 nitrogen and oxygen atoms in total. The van der Waals surface area contributed by atoms with E-state index in [4.69, 9.17) is 0 Å². The van der Waals surface area contributed by atoms with Gasteiger partial charge in [0.2, 0.25) is 0 Å². The van der Waals surface area contributed by atoms with Crippen molar-refractivity contribution in [1.82, 2.24) is 25.1 Å². The van der Waals surface area contributed by atoms with Crippen LogP contribution in [0.2, 0.25) is 0 Å². The third kappa shape index (κ3) is 3.04. The summed E-state index contributed by atoms with van der Waals surface area (Å²) in [5.41, 5.74) is 4.42. The first-order valence-corrected chi connectivity index (χ1v) is 6.77. The molecule has 0 unspecified atom stereocenters. The molecule has 0 fully saturated rings. The van der Waals surface area contributed by atoms with Crippen LogP contribution in [0.4, 0.5) is 0 Å². The SMILES string of the molecule is Cc1nn(C)c(C)c1-c1cnc(CCNC(C)C)[nH]1. The maximum Gasteiger partial charge on any atom is 0.107 e. The molecule has 0 saturated carbocycles. The maximum atomic E-state index is 4.45. The van der Waals surface area contributed by atoms with Gasteiger partial charge in [-0.05, 0) is 13.8 Å². The maximum absolute atomic E-state index is 4.45. The van der Waals surface area contributed by atoms with Gasteiger partial charge in [0.05, 0.1) is 17.6 Å². The largest absolute Gasteiger partial charge is 0.342 e. The van der Waals surface area contributed by atoms with E-state index in [2.05, 4.69) is 41.2 Å². The van der Waals surface area contributed by atoms with E-state index in [1.165, 1.54) is 0 Å². The van der Waals surface area contributed by atoms with E-state index in [0.29, 0.717) is 6.04 Å². The number of nitrogens with one attached hydrogen (secondary N) is 2. The number of aryl methyl sites for hydroxylation is 2. The first-order valence-electron chi connectivity index (χ1n) is 6.77. The second-order valence-electron chi connectivity index (χ2n) is 5.27. The van der Waals surface area contributed by atoms with Gasteiger partial charge in [0.25, 0.3) is 0 Å². The molecule has 2 N–H and O–H groups in total. The van der Waals surface area contributed by atoms with Crippen LogP contribution in [0, 0.1) is 13.8 Å². The molecule has 2 aromatic heterocycles. The summed E-state index contributed by atoms with van der Waals surface area (Å²) in [5.74, 6) is 1.02. The van der Waals surface area contributed by atoms with Crippen molar-refractivity contribution in [2.75, 3.05) is 6.54 Å². The minimum atomic E-state index is 0.511. The van der Waals surface area contributed by atoms with Gasteiger partial charge in [-0.25, -0.2) is 4.98 Å².